The molecule has 1 aromatic heterocycles. The van der Waals surface area contributed by atoms with Crippen molar-refractivity contribution in [3.63, 3.8) is 0 Å². The number of nitrogens with one attached hydrogen (secondary N) is 1. The molecule has 0 aliphatic carbocycles. The minimum absolute atomic E-state index is 0.544. The van der Waals surface area contributed by atoms with Gasteiger partial charge in [0, 0.05) is 6.54 Å². The minimum atomic E-state index is 0.544. The Morgan fingerprint density at radius 1 is 1.11 bits per heavy atom. The lowest BCUT2D eigenvalue weighted by Crippen LogP contribution is -2.07. The SMILES string of the molecule is CCCCc1cc2[nH]nnc2c(CN)c1CCCC. The second kappa shape index (κ2) is 6.66. The molecule has 0 radical (unpaired) electrons. The Bertz CT molecular complexity index is 530. The van der Waals surface area contributed by atoms with Crippen LogP contribution >= 0.6 is 0 Å². The summed E-state index contributed by atoms with van der Waals surface area (Å²) in [6.07, 6.45) is 7.06. The maximum atomic E-state index is 5.96. The average molecular weight is 260 g/mol. The number of hydrogen-bond acceptors (Lipinski definition) is 3. The number of aromatic amines is 1. The number of H-pyrrole nitrogens is 1. The van der Waals surface area contributed by atoms with Crippen LogP contribution in [0.15, 0.2) is 6.07 Å². The topological polar surface area (TPSA) is 67.6 Å². The van der Waals surface area contributed by atoms with Crippen molar-refractivity contribution in [2.45, 2.75) is 58.9 Å². The lowest BCUT2D eigenvalue weighted by Gasteiger charge is -2.14. The molecule has 0 saturated heterocycles. The fourth-order valence-corrected chi connectivity index (χ4v) is 2.63. The summed E-state index contributed by atoms with van der Waals surface area (Å²) in [5.74, 6) is 0. The van der Waals surface area contributed by atoms with Gasteiger partial charge >= 0.3 is 0 Å². The van der Waals surface area contributed by atoms with E-state index in [0.29, 0.717) is 6.54 Å². The van der Waals surface area contributed by atoms with Crippen LogP contribution in [0.25, 0.3) is 11.0 Å². The Kier molecular flexibility index (Phi) is 4.91. The van der Waals surface area contributed by atoms with Crippen LogP contribution < -0.4 is 5.73 Å². The average Bonchev–Trinajstić information content (AvgIpc) is 2.89. The zero-order chi connectivity index (χ0) is 13.7. The first-order valence-corrected chi connectivity index (χ1v) is 7.36. The van der Waals surface area contributed by atoms with Gasteiger partial charge in [-0.3, -0.25) is 5.10 Å². The summed E-state index contributed by atoms with van der Waals surface area (Å²) >= 11 is 0. The molecule has 104 valence electrons. The Morgan fingerprint density at radius 2 is 1.84 bits per heavy atom. The summed E-state index contributed by atoms with van der Waals surface area (Å²) in [5.41, 5.74) is 12.0. The fraction of sp³-hybridized carbons (Fsp3) is 0.600. The Balaban J connectivity index is 2.48. The van der Waals surface area contributed by atoms with Crippen LogP contribution in [-0.2, 0) is 19.4 Å². The van der Waals surface area contributed by atoms with Crippen molar-refractivity contribution in [2.24, 2.45) is 5.73 Å². The highest BCUT2D eigenvalue weighted by Crippen LogP contribution is 2.26. The van der Waals surface area contributed by atoms with Gasteiger partial charge in [-0.1, -0.05) is 31.9 Å². The van der Waals surface area contributed by atoms with Crippen LogP contribution in [0, 0.1) is 0 Å². The van der Waals surface area contributed by atoms with Gasteiger partial charge < -0.3 is 5.73 Å². The van der Waals surface area contributed by atoms with E-state index in [-0.39, 0.29) is 0 Å². The van der Waals surface area contributed by atoms with Crippen LogP contribution in [0.1, 0.15) is 56.2 Å². The summed E-state index contributed by atoms with van der Waals surface area (Å²) in [4.78, 5) is 0. The standard InChI is InChI=1S/C15H24N4/c1-3-5-7-11-9-14-15(18-19-17-14)13(10-16)12(11)8-6-4-2/h9H,3-8,10,16H2,1-2H3,(H,17,18,19). The van der Waals surface area contributed by atoms with Crippen molar-refractivity contribution < 1.29 is 0 Å². The van der Waals surface area contributed by atoms with Gasteiger partial charge in [0.05, 0.1) is 5.52 Å². The zero-order valence-corrected chi connectivity index (χ0v) is 12.0. The highest BCUT2D eigenvalue weighted by molar-refractivity contribution is 5.80. The lowest BCUT2D eigenvalue weighted by atomic mass is 9.92. The van der Waals surface area contributed by atoms with Gasteiger partial charge in [0.2, 0.25) is 0 Å². The molecule has 0 spiro atoms. The van der Waals surface area contributed by atoms with Crippen LogP contribution in [0.3, 0.4) is 0 Å². The Morgan fingerprint density at radius 3 is 2.53 bits per heavy atom. The molecule has 0 saturated carbocycles. The number of aryl methyl sites for hydroxylation is 1. The first-order valence-electron chi connectivity index (χ1n) is 7.36. The number of nitrogens with two attached hydrogens (primary N) is 1. The van der Waals surface area contributed by atoms with E-state index in [1.807, 2.05) is 0 Å². The van der Waals surface area contributed by atoms with Crippen LogP contribution in [0.5, 0.6) is 0 Å². The quantitative estimate of drug-likeness (QED) is 0.803. The number of benzene rings is 1. The first-order chi connectivity index (χ1) is 9.31. The van der Waals surface area contributed by atoms with Gasteiger partial charge in [0.15, 0.2) is 0 Å². The predicted octanol–water partition coefficient (Wildman–Crippen LogP) is 3.10. The Hall–Kier alpha value is -1.42. The summed E-state index contributed by atoms with van der Waals surface area (Å²) in [6.45, 7) is 5.00. The molecule has 0 unspecified atom stereocenters. The van der Waals surface area contributed by atoms with Crippen molar-refractivity contribution in [1.29, 1.82) is 0 Å². The lowest BCUT2D eigenvalue weighted by molar-refractivity contribution is 0.752. The highest BCUT2D eigenvalue weighted by atomic mass is 15.3. The highest BCUT2D eigenvalue weighted by Gasteiger charge is 2.14. The molecule has 0 fully saturated rings. The molecular formula is C15H24N4. The molecule has 0 atom stereocenters. The zero-order valence-electron chi connectivity index (χ0n) is 12.0. The van der Waals surface area contributed by atoms with Crippen LogP contribution in [0.4, 0.5) is 0 Å². The van der Waals surface area contributed by atoms with Crippen molar-refractivity contribution in [2.75, 3.05) is 0 Å². The molecule has 0 amide bonds. The van der Waals surface area contributed by atoms with Crippen LogP contribution in [0.2, 0.25) is 0 Å². The molecule has 0 aliphatic rings. The van der Waals surface area contributed by atoms with E-state index in [4.69, 9.17) is 5.73 Å². The second-order valence-electron chi connectivity index (χ2n) is 5.11. The number of fused-ring (bicyclic) bond motifs is 1. The van der Waals surface area contributed by atoms with E-state index >= 15 is 0 Å². The number of rotatable bonds is 7. The first kappa shape index (κ1) is 14.0. The third-order valence-electron chi connectivity index (χ3n) is 3.72. The fourth-order valence-electron chi connectivity index (χ4n) is 2.63. The van der Waals surface area contributed by atoms with Crippen molar-refractivity contribution in [1.82, 2.24) is 15.4 Å². The monoisotopic (exact) mass is 260 g/mol. The molecule has 4 nitrogen and oxygen atoms in total. The van der Waals surface area contributed by atoms with Gasteiger partial charge in [-0.15, -0.1) is 5.10 Å². The molecule has 2 rings (SSSR count). The van der Waals surface area contributed by atoms with E-state index in [1.165, 1.54) is 42.4 Å². The van der Waals surface area contributed by atoms with E-state index < -0.39 is 0 Å². The van der Waals surface area contributed by atoms with Crippen molar-refractivity contribution in [3.8, 4) is 0 Å². The number of aromatic nitrogens is 3. The summed E-state index contributed by atoms with van der Waals surface area (Å²) in [7, 11) is 0. The molecule has 2 aromatic rings. The van der Waals surface area contributed by atoms with Gasteiger partial charge in [0.25, 0.3) is 0 Å². The molecule has 19 heavy (non-hydrogen) atoms. The number of hydrogen-bond donors (Lipinski definition) is 2. The maximum absolute atomic E-state index is 5.96. The Labute approximate surface area is 114 Å². The van der Waals surface area contributed by atoms with Gasteiger partial charge in [-0.2, -0.15) is 0 Å². The maximum Gasteiger partial charge on any atom is 0.117 e. The van der Waals surface area contributed by atoms with Gasteiger partial charge in [-0.05, 0) is 48.4 Å². The van der Waals surface area contributed by atoms with Crippen molar-refractivity contribution >= 4 is 11.0 Å². The van der Waals surface area contributed by atoms with Crippen molar-refractivity contribution in [3.05, 3.63) is 22.8 Å². The molecule has 1 aromatic carbocycles. The molecule has 4 heteroatoms. The smallest absolute Gasteiger partial charge is 0.117 e. The summed E-state index contributed by atoms with van der Waals surface area (Å²) in [6, 6.07) is 2.22. The summed E-state index contributed by atoms with van der Waals surface area (Å²) in [5, 5.41) is 11.1. The number of unbranched alkanes of at least 4 members (excludes halogenated alkanes) is 2. The third-order valence-corrected chi connectivity index (χ3v) is 3.72. The van der Waals surface area contributed by atoms with E-state index in [0.717, 1.165) is 23.9 Å². The largest absolute Gasteiger partial charge is 0.326 e. The van der Waals surface area contributed by atoms with E-state index in [1.54, 1.807) is 0 Å². The molecule has 1 heterocycles. The molecule has 0 aliphatic heterocycles. The summed E-state index contributed by atoms with van der Waals surface area (Å²) < 4.78 is 0. The van der Waals surface area contributed by atoms with Gasteiger partial charge in [0.1, 0.15) is 5.52 Å². The van der Waals surface area contributed by atoms with E-state index in [2.05, 4.69) is 35.3 Å². The number of nitrogens with zero attached hydrogens (tertiary/aromatic N) is 2. The predicted molar refractivity (Wildman–Crippen MR) is 79.0 cm³/mol. The van der Waals surface area contributed by atoms with E-state index in [9.17, 15) is 0 Å². The van der Waals surface area contributed by atoms with Crippen LogP contribution in [-0.4, -0.2) is 15.4 Å². The minimum Gasteiger partial charge on any atom is -0.326 e. The molecule has 3 N–H and O–H groups in total. The molecular weight excluding hydrogens is 236 g/mol. The molecule has 0 bridgehead atoms. The third kappa shape index (κ3) is 2.95. The second-order valence-corrected chi connectivity index (χ2v) is 5.11. The normalized spacial score (nSPS) is 11.3. The van der Waals surface area contributed by atoms with Gasteiger partial charge in [-0.25, -0.2) is 0 Å².